The van der Waals surface area contributed by atoms with E-state index in [2.05, 4.69) is 10.2 Å². The van der Waals surface area contributed by atoms with Gasteiger partial charge < -0.3 is 19.2 Å². The van der Waals surface area contributed by atoms with Crippen LogP contribution in [0.2, 0.25) is 5.02 Å². The molecule has 10 heteroatoms. The van der Waals surface area contributed by atoms with Gasteiger partial charge in [0.15, 0.2) is 0 Å². The zero-order chi connectivity index (χ0) is 22.7. The van der Waals surface area contributed by atoms with Gasteiger partial charge in [-0.15, -0.1) is 10.2 Å². The van der Waals surface area contributed by atoms with Crippen molar-refractivity contribution < 1.29 is 23.8 Å². The van der Waals surface area contributed by atoms with Gasteiger partial charge in [0.1, 0.15) is 18.9 Å². The van der Waals surface area contributed by atoms with Gasteiger partial charge in [0, 0.05) is 19.2 Å². The number of carbonyl (C=O) groups excluding carboxylic acids is 2. The number of carbonyl (C=O) groups is 2. The number of hydrogen-bond acceptors (Lipinski definition) is 7. The van der Waals surface area contributed by atoms with Crippen molar-refractivity contribution >= 4 is 29.1 Å². The van der Waals surface area contributed by atoms with Crippen molar-refractivity contribution in [3.63, 3.8) is 0 Å². The first-order chi connectivity index (χ1) is 15.5. The van der Waals surface area contributed by atoms with Crippen LogP contribution in [0.15, 0.2) is 46.9 Å². The number of hydrogen-bond donors (Lipinski definition) is 1. The summed E-state index contributed by atoms with van der Waals surface area (Å²) in [6.45, 7) is 1.94. The number of aliphatic hydroxyl groups is 1. The molecule has 0 atom stereocenters. The van der Waals surface area contributed by atoms with E-state index in [9.17, 15) is 9.59 Å². The van der Waals surface area contributed by atoms with Crippen LogP contribution in [0.4, 0.5) is 5.69 Å². The average molecular weight is 457 g/mol. The van der Waals surface area contributed by atoms with E-state index in [1.807, 2.05) is 18.2 Å². The standard InChI is InChI=1S/C22H21ClN4O5/c1-14-24-25-20(32-14)12-26-11-15-4-2-3-5-19(15)27(13-21(26)29)22(30)17-7-6-16(10-18(17)23)31-9-8-28/h2-7,10,28H,8-9,11-13H2,1H3. The summed E-state index contributed by atoms with van der Waals surface area (Å²) in [6, 6.07) is 12.0. The summed E-state index contributed by atoms with van der Waals surface area (Å²) in [4.78, 5) is 29.5. The third kappa shape index (κ3) is 4.58. The van der Waals surface area contributed by atoms with E-state index < -0.39 is 5.91 Å². The van der Waals surface area contributed by atoms with Gasteiger partial charge in [-0.3, -0.25) is 14.5 Å². The Labute approximate surface area is 189 Å². The zero-order valence-electron chi connectivity index (χ0n) is 17.3. The summed E-state index contributed by atoms with van der Waals surface area (Å²) in [5.41, 5.74) is 1.68. The second kappa shape index (κ2) is 9.37. The van der Waals surface area contributed by atoms with E-state index in [0.29, 0.717) is 29.8 Å². The normalized spacial score (nSPS) is 13.7. The minimum absolute atomic E-state index is 0.118. The van der Waals surface area contributed by atoms with E-state index in [1.165, 1.54) is 11.0 Å². The van der Waals surface area contributed by atoms with Crippen molar-refractivity contribution in [3.05, 3.63) is 70.4 Å². The summed E-state index contributed by atoms with van der Waals surface area (Å²) in [5.74, 6) is 0.522. The first-order valence-corrected chi connectivity index (χ1v) is 10.3. The van der Waals surface area contributed by atoms with Gasteiger partial charge >= 0.3 is 0 Å². The number of amides is 2. The molecule has 0 saturated heterocycles. The molecule has 0 unspecified atom stereocenters. The molecule has 0 bridgehead atoms. The third-order valence-corrected chi connectivity index (χ3v) is 5.27. The highest BCUT2D eigenvalue weighted by Crippen LogP contribution is 2.30. The number of aliphatic hydroxyl groups excluding tert-OH is 1. The Morgan fingerprint density at radius 1 is 1.22 bits per heavy atom. The van der Waals surface area contributed by atoms with Gasteiger partial charge in [-0.05, 0) is 29.8 Å². The summed E-state index contributed by atoms with van der Waals surface area (Å²) >= 11 is 6.35. The highest BCUT2D eigenvalue weighted by Gasteiger charge is 2.31. The molecule has 4 rings (SSSR count). The SMILES string of the molecule is Cc1nnc(CN2Cc3ccccc3N(C(=O)c3ccc(OCCO)cc3Cl)CC2=O)o1. The van der Waals surface area contributed by atoms with Crippen LogP contribution in [0.1, 0.15) is 27.7 Å². The number of nitrogens with zero attached hydrogens (tertiary/aromatic N) is 4. The number of rotatable bonds is 6. The average Bonchev–Trinajstić information content (AvgIpc) is 3.13. The lowest BCUT2D eigenvalue weighted by molar-refractivity contribution is -0.131. The van der Waals surface area contributed by atoms with Gasteiger partial charge in [0.05, 0.1) is 23.7 Å². The molecule has 1 aliphatic rings. The second-order valence-electron chi connectivity index (χ2n) is 7.20. The van der Waals surface area contributed by atoms with Crippen LogP contribution in [-0.4, -0.2) is 51.8 Å². The molecule has 2 heterocycles. The number of para-hydroxylation sites is 1. The number of halogens is 1. The Morgan fingerprint density at radius 3 is 2.75 bits per heavy atom. The minimum Gasteiger partial charge on any atom is -0.491 e. The first-order valence-electron chi connectivity index (χ1n) is 9.96. The number of ether oxygens (including phenoxy) is 1. The largest absolute Gasteiger partial charge is 0.491 e. The maximum atomic E-state index is 13.4. The third-order valence-electron chi connectivity index (χ3n) is 4.96. The molecule has 9 nitrogen and oxygen atoms in total. The van der Waals surface area contributed by atoms with Crippen molar-refractivity contribution in [2.75, 3.05) is 24.7 Å². The van der Waals surface area contributed by atoms with E-state index in [4.69, 9.17) is 25.9 Å². The predicted octanol–water partition coefficient (Wildman–Crippen LogP) is 2.59. The van der Waals surface area contributed by atoms with Crippen LogP contribution in [0.5, 0.6) is 5.75 Å². The van der Waals surface area contributed by atoms with Gasteiger partial charge in [0.2, 0.25) is 17.7 Å². The lowest BCUT2D eigenvalue weighted by atomic mass is 10.1. The molecule has 1 N–H and O–H groups in total. The van der Waals surface area contributed by atoms with Crippen LogP contribution in [-0.2, 0) is 17.9 Å². The molecule has 32 heavy (non-hydrogen) atoms. The van der Waals surface area contributed by atoms with Crippen molar-refractivity contribution in [1.82, 2.24) is 15.1 Å². The van der Waals surface area contributed by atoms with E-state index in [-0.39, 0.29) is 42.8 Å². The van der Waals surface area contributed by atoms with Crippen molar-refractivity contribution in [3.8, 4) is 5.75 Å². The molecular weight excluding hydrogens is 436 g/mol. The molecule has 1 aromatic heterocycles. The molecule has 2 aromatic carbocycles. The topological polar surface area (TPSA) is 109 Å². The fourth-order valence-electron chi connectivity index (χ4n) is 3.48. The molecule has 2 amide bonds. The van der Waals surface area contributed by atoms with Crippen molar-refractivity contribution in [2.24, 2.45) is 0 Å². The summed E-state index contributed by atoms with van der Waals surface area (Å²) in [6.07, 6.45) is 0. The van der Waals surface area contributed by atoms with Gasteiger partial charge in [-0.2, -0.15) is 0 Å². The van der Waals surface area contributed by atoms with Crippen LogP contribution in [0.25, 0.3) is 0 Å². The Morgan fingerprint density at radius 2 is 2.03 bits per heavy atom. The lowest BCUT2D eigenvalue weighted by Gasteiger charge is -2.23. The molecule has 166 valence electrons. The van der Waals surface area contributed by atoms with Gasteiger partial charge in [0.25, 0.3) is 5.91 Å². The monoisotopic (exact) mass is 456 g/mol. The Hall–Kier alpha value is -3.43. The van der Waals surface area contributed by atoms with Crippen LogP contribution in [0.3, 0.4) is 0 Å². The van der Waals surface area contributed by atoms with E-state index in [1.54, 1.807) is 30.0 Å². The van der Waals surface area contributed by atoms with Crippen LogP contribution >= 0.6 is 11.6 Å². The van der Waals surface area contributed by atoms with E-state index >= 15 is 0 Å². The highest BCUT2D eigenvalue weighted by atomic mass is 35.5. The van der Waals surface area contributed by atoms with Crippen LogP contribution in [0, 0.1) is 6.92 Å². The zero-order valence-corrected chi connectivity index (χ0v) is 18.1. The van der Waals surface area contributed by atoms with Crippen molar-refractivity contribution in [1.29, 1.82) is 0 Å². The fraction of sp³-hybridized carbons (Fsp3) is 0.273. The van der Waals surface area contributed by atoms with E-state index in [0.717, 1.165) is 5.56 Å². The first kappa shape index (κ1) is 21.8. The number of fused-ring (bicyclic) bond motifs is 1. The lowest BCUT2D eigenvalue weighted by Crippen LogP contribution is -2.40. The number of anilines is 1. The second-order valence-corrected chi connectivity index (χ2v) is 7.61. The fourth-order valence-corrected chi connectivity index (χ4v) is 3.73. The Bertz CT molecular complexity index is 1150. The molecule has 0 aliphatic carbocycles. The molecule has 0 fully saturated rings. The number of benzene rings is 2. The van der Waals surface area contributed by atoms with Crippen LogP contribution < -0.4 is 9.64 Å². The smallest absolute Gasteiger partial charge is 0.260 e. The Balaban J connectivity index is 1.63. The summed E-state index contributed by atoms with van der Waals surface area (Å²) in [5, 5.41) is 16.9. The summed E-state index contributed by atoms with van der Waals surface area (Å²) < 4.78 is 10.8. The predicted molar refractivity (Wildman–Crippen MR) is 115 cm³/mol. The number of aromatic nitrogens is 2. The maximum absolute atomic E-state index is 13.4. The van der Waals surface area contributed by atoms with Gasteiger partial charge in [-0.25, -0.2) is 0 Å². The van der Waals surface area contributed by atoms with Gasteiger partial charge in [-0.1, -0.05) is 29.8 Å². The Kier molecular flexibility index (Phi) is 6.38. The molecule has 0 spiro atoms. The summed E-state index contributed by atoms with van der Waals surface area (Å²) in [7, 11) is 0. The number of aryl methyl sites for hydroxylation is 1. The molecule has 3 aromatic rings. The molecule has 0 radical (unpaired) electrons. The highest BCUT2D eigenvalue weighted by molar-refractivity contribution is 6.34. The minimum atomic E-state index is -0.403. The molecular formula is C22H21ClN4O5. The quantitative estimate of drug-likeness (QED) is 0.607. The van der Waals surface area contributed by atoms with Crippen molar-refractivity contribution in [2.45, 2.75) is 20.0 Å². The molecule has 1 aliphatic heterocycles. The maximum Gasteiger partial charge on any atom is 0.260 e. The molecule has 0 saturated carbocycles.